The number of benzene rings is 2. The highest BCUT2D eigenvalue weighted by Gasteiger charge is 2.21. The third-order valence-electron chi connectivity index (χ3n) is 4.91. The van der Waals surface area contributed by atoms with Crippen LogP contribution in [0.1, 0.15) is 5.56 Å². The average molecular weight is 440 g/mol. The van der Waals surface area contributed by atoms with E-state index in [0.29, 0.717) is 28.3 Å². The monoisotopic (exact) mass is 440 g/mol. The van der Waals surface area contributed by atoms with E-state index in [0.717, 1.165) is 11.5 Å². The van der Waals surface area contributed by atoms with Crippen LogP contribution < -0.4 is 10.2 Å². The molecule has 31 heavy (non-hydrogen) atoms. The van der Waals surface area contributed by atoms with E-state index in [1.165, 1.54) is 18.3 Å². The summed E-state index contributed by atoms with van der Waals surface area (Å²) in [6.45, 7) is 0. The van der Waals surface area contributed by atoms with Crippen molar-refractivity contribution >= 4 is 50.1 Å². The molecule has 3 heterocycles. The Morgan fingerprint density at radius 1 is 1.13 bits per heavy atom. The molecule has 2 aromatic heterocycles. The normalized spacial score (nSPS) is 14.0. The van der Waals surface area contributed by atoms with E-state index in [2.05, 4.69) is 25.5 Å². The van der Waals surface area contributed by atoms with Gasteiger partial charge in [-0.2, -0.15) is 10.1 Å². The zero-order valence-corrected chi connectivity index (χ0v) is 16.8. The molecule has 2 aromatic carbocycles. The molecule has 0 amide bonds. The number of sulfone groups is 1. The highest BCUT2D eigenvalue weighted by atomic mass is 32.2. The number of anilines is 4. The summed E-state index contributed by atoms with van der Waals surface area (Å²) in [5, 5.41) is 11.1. The van der Waals surface area contributed by atoms with Gasteiger partial charge in [0.15, 0.2) is 17.5 Å². The fourth-order valence-electron chi connectivity index (χ4n) is 3.34. The molecular weight excluding hydrogens is 426 g/mol. The Kier molecular flexibility index (Phi) is 4.22. The first-order valence-electron chi connectivity index (χ1n) is 9.06. The number of halogens is 2. The average Bonchev–Trinajstić information content (AvgIpc) is 3.32. The lowest BCUT2D eigenvalue weighted by Gasteiger charge is -2.16. The lowest BCUT2D eigenvalue weighted by molar-refractivity contribution is 0.515. The van der Waals surface area contributed by atoms with Crippen LogP contribution >= 0.6 is 0 Å². The smallest absolute Gasteiger partial charge is 0.229 e. The van der Waals surface area contributed by atoms with Crippen molar-refractivity contribution in [1.29, 1.82) is 0 Å². The van der Waals surface area contributed by atoms with Crippen molar-refractivity contribution in [3.05, 3.63) is 65.2 Å². The van der Waals surface area contributed by atoms with Crippen molar-refractivity contribution in [3.8, 4) is 0 Å². The van der Waals surface area contributed by atoms with Crippen LogP contribution in [0.15, 0.2) is 52.9 Å². The Bertz CT molecular complexity index is 1480. The molecule has 0 saturated carbocycles. The second-order valence-corrected chi connectivity index (χ2v) is 8.66. The first-order chi connectivity index (χ1) is 14.8. The summed E-state index contributed by atoms with van der Waals surface area (Å²) in [5.41, 5.74) is 1.09. The highest BCUT2D eigenvalue weighted by molar-refractivity contribution is 7.94. The van der Waals surface area contributed by atoms with Gasteiger partial charge < -0.3 is 10.2 Å². The van der Waals surface area contributed by atoms with Gasteiger partial charge in [-0.05, 0) is 42.0 Å². The van der Waals surface area contributed by atoms with Crippen LogP contribution in [0.5, 0.6) is 0 Å². The van der Waals surface area contributed by atoms with Crippen molar-refractivity contribution in [2.75, 3.05) is 17.3 Å². The molecule has 0 bridgehead atoms. The predicted molar refractivity (Wildman–Crippen MR) is 112 cm³/mol. The van der Waals surface area contributed by atoms with Gasteiger partial charge >= 0.3 is 0 Å². The van der Waals surface area contributed by atoms with E-state index in [-0.39, 0.29) is 16.4 Å². The quantitative estimate of drug-likeness (QED) is 0.496. The van der Waals surface area contributed by atoms with Gasteiger partial charge in [0.1, 0.15) is 11.3 Å². The molecule has 0 unspecified atom stereocenters. The molecule has 0 atom stereocenters. The predicted octanol–water partition coefficient (Wildman–Crippen LogP) is 3.90. The Balaban J connectivity index is 1.46. The van der Waals surface area contributed by atoms with E-state index < -0.39 is 21.5 Å². The van der Waals surface area contributed by atoms with Gasteiger partial charge in [0, 0.05) is 29.7 Å². The molecule has 0 saturated heterocycles. The molecule has 0 radical (unpaired) electrons. The van der Waals surface area contributed by atoms with Crippen LogP contribution in [-0.4, -0.2) is 35.6 Å². The fourth-order valence-corrected chi connectivity index (χ4v) is 4.57. The molecule has 1 aliphatic rings. The van der Waals surface area contributed by atoms with E-state index in [1.54, 1.807) is 36.2 Å². The summed E-state index contributed by atoms with van der Waals surface area (Å²) in [7, 11) is -1.76. The maximum absolute atomic E-state index is 14.0. The molecule has 4 aromatic rings. The number of fused-ring (bicyclic) bond motifs is 2. The zero-order chi connectivity index (χ0) is 21.8. The molecule has 2 N–H and O–H groups in total. The molecule has 0 fully saturated rings. The number of aromatic amines is 1. The van der Waals surface area contributed by atoms with Crippen molar-refractivity contribution in [2.45, 2.75) is 4.90 Å². The molecule has 156 valence electrons. The second-order valence-electron chi connectivity index (χ2n) is 6.85. The van der Waals surface area contributed by atoms with Gasteiger partial charge in [0.05, 0.1) is 4.90 Å². The second kappa shape index (κ2) is 6.84. The topological polar surface area (TPSA) is 104 Å². The van der Waals surface area contributed by atoms with E-state index in [9.17, 15) is 17.2 Å². The minimum absolute atomic E-state index is 0.0396. The summed E-state index contributed by atoms with van der Waals surface area (Å²) in [6, 6.07) is 9.03. The molecule has 0 spiro atoms. The van der Waals surface area contributed by atoms with Crippen LogP contribution in [0.2, 0.25) is 0 Å². The maximum atomic E-state index is 14.0. The summed E-state index contributed by atoms with van der Waals surface area (Å²) in [4.78, 5) is 10.4. The Morgan fingerprint density at radius 2 is 1.97 bits per heavy atom. The lowest BCUT2D eigenvalue weighted by atomic mass is 10.2. The maximum Gasteiger partial charge on any atom is 0.229 e. The molecule has 11 heteroatoms. The molecule has 8 nitrogen and oxygen atoms in total. The van der Waals surface area contributed by atoms with Crippen LogP contribution in [0, 0.1) is 11.6 Å². The van der Waals surface area contributed by atoms with Crippen LogP contribution in [0.25, 0.3) is 17.0 Å². The van der Waals surface area contributed by atoms with Crippen molar-refractivity contribution < 1.29 is 17.2 Å². The van der Waals surface area contributed by atoms with E-state index in [1.807, 2.05) is 0 Å². The van der Waals surface area contributed by atoms with Crippen LogP contribution in [0.3, 0.4) is 0 Å². The van der Waals surface area contributed by atoms with E-state index in [4.69, 9.17) is 0 Å². The number of rotatable bonds is 4. The minimum Gasteiger partial charge on any atom is -0.324 e. The minimum atomic E-state index is -3.44. The van der Waals surface area contributed by atoms with Gasteiger partial charge in [-0.25, -0.2) is 22.2 Å². The lowest BCUT2D eigenvalue weighted by Crippen LogP contribution is -2.13. The van der Waals surface area contributed by atoms with Gasteiger partial charge in [-0.3, -0.25) is 5.10 Å². The number of hydrogen-bond acceptors (Lipinski definition) is 7. The molecular formula is C20H14F2N6O2S. The first kappa shape index (κ1) is 19.1. The standard InChI is InChI=1S/C20H14F2N6O2S/c1-28(19-13-4-5-14(21)17(22)18(13)26-27-19)16-6-8-23-20(25-16)24-12-3-2-11-7-9-31(29,30)15(11)10-12/h2-10H,1H3,(H,26,27)(H,23,24,25). The van der Waals surface area contributed by atoms with Gasteiger partial charge in [0.2, 0.25) is 15.8 Å². The molecule has 5 rings (SSSR count). The van der Waals surface area contributed by atoms with Gasteiger partial charge in [-0.1, -0.05) is 6.07 Å². The largest absolute Gasteiger partial charge is 0.324 e. The Hall–Kier alpha value is -3.86. The third-order valence-corrected chi connectivity index (χ3v) is 6.38. The number of nitrogens with zero attached hydrogens (tertiary/aromatic N) is 4. The fraction of sp³-hybridized carbons (Fsp3) is 0.0500. The highest BCUT2D eigenvalue weighted by Crippen LogP contribution is 2.32. The van der Waals surface area contributed by atoms with Crippen molar-refractivity contribution in [1.82, 2.24) is 20.2 Å². The van der Waals surface area contributed by atoms with Crippen LogP contribution in [-0.2, 0) is 9.84 Å². The number of H-pyrrole nitrogens is 1. The van der Waals surface area contributed by atoms with Gasteiger partial charge in [0.25, 0.3) is 0 Å². The molecule has 0 aliphatic carbocycles. The first-order valence-corrected chi connectivity index (χ1v) is 10.6. The van der Waals surface area contributed by atoms with E-state index >= 15 is 0 Å². The Morgan fingerprint density at radius 3 is 2.81 bits per heavy atom. The van der Waals surface area contributed by atoms with Crippen molar-refractivity contribution in [2.24, 2.45) is 0 Å². The third kappa shape index (κ3) is 3.19. The summed E-state index contributed by atoms with van der Waals surface area (Å²) in [5.74, 6) is -0.953. The zero-order valence-electron chi connectivity index (χ0n) is 16.0. The molecule has 1 aliphatic heterocycles. The summed E-state index contributed by atoms with van der Waals surface area (Å²) < 4.78 is 51.6. The van der Waals surface area contributed by atoms with Crippen LogP contribution in [0.4, 0.5) is 32.1 Å². The summed E-state index contributed by atoms with van der Waals surface area (Å²) in [6.07, 6.45) is 3.06. The number of aromatic nitrogens is 4. The van der Waals surface area contributed by atoms with Crippen molar-refractivity contribution in [3.63, 3.8) is 0 Å². The SMILES string of the molecule is CN(c1ccnc(Nc2ccc3c(c2)S(=O)(=O)C=C3)n1)c1n[nH]c2c(F)c(F)ccc12. The number of hydrogen-bond donors (Lipinski definition) is 2. The Labute approximate surface area is 175 Å². The van der Waals surface area contributed by atoms with Gasteiger partial charge in [-0.15, -0.1) is 0 Å². The summed E-state index contributed by atoms with van der Waals surface area (Å²) >= 11 is 0. The number of nitrogens with one attached hydrogen (secondary N) is 2.